The maximum Gasteiger partial charge on any atom is 0.289 e. The molecule has 0 heterocycles. The van der Waals surface area contributed by atoms with Gasteiger partial charge in [0.15, 0.2) is 5.96 Å². The second-order valence-electron chi connectivity index (χ2n) is 4.09. The largest absolute Gasteiger partial charge is 0.390 e. The molecule has 0 aliphatic rings. The van der Waals surface area contributed by atoms with Gasteiger partial charge in [-0.15, -0.1) is 0 Å². The van der Waals surface area contributed by atoms with E-state index in [4.69, 9.17) is 10.8 Å². The number of aliphatic hydroxyl groups is 1. The minimum atomic E-state index is -3.20. The molecule has 6 heteroatoms. The third kappa shape index (κ3) is 6.59. The van der Waals surface area contributed by atoms with Gasteiger partial charge in [-0.05, 0) is 20.8 Å². The molecule has 0 aliphatic carbocycles. The molecule has 0 bridgehead atoms. The van der Waals surface area contributed by atoms with Crippen molar-refractivity contribution in [3.63, 3.8) is 0 Å². The lowest BCUT2D eigenvalue weighted by molar-refractivity contribution is -0.0404. The predicted octanol–water partition coefficient (Wildman–Crippen LogP) is 0.317. The number of hydrogen-bond acceptors (Lipinski definition) is 2. The van der Waals surface area contributed by atoms with E-state index in [2.05, 4.69) is 10.3 Å². The molecule has 0 aliphatic heterocycles. The summed E-state index contributed by atoms with van der Waals surface area (Å²) >= 11 is 0. The third-order valence-electron chi connectivity index (χ3n) is 1.22. The van der Waals surface area contributed by atoms with Gasteiger partial charge in [0.2, 0.25) is 0 Å². The number of hydrogen-bond donors (Lipinski definition) is 3. The van der Waals surface area contributed by atoms with Crippen LogP contribution in [-0.2, 0) is 0 Å². The zero-order valence-electron chi connectivity index (χ0n) is 8.64. The smallest absolute Gasteiger partial charge is 0.289 e. The Hall–Kier alpha value is -0.910. The first kappa shape index (κ1) is 13.1. The molecule has 0 radical (unpaired) electrons. The van der Waals surface area contributed by atoms with E-state index in [-0.39, 0.29) is 11.5 Å². The second kappa shape index (κ2) is 4.54. The van der Waals surface area contributed by atoms with Crippen molar-refractivity contribution < 1.29 is 13.9 Å². The second-order valence-corrected chi connectivity index (χ2v) is 4.09. The van der Waals surface area contributed by atoms with E-state index < -0.39 is 19.1 Å². The van der Waals surface area contributed by atoms with Crippen molar-refractivity contribution >= 4 is 5.96 Å². The number of nitrogens with one attached hydrogen (secondary N) is 1. The van der Waals surface area contributed by atoms with Crippen molar-refractivity contribution in [1.82, 2.24) is 5.32 Å². The molecule has 4 nitrogen and oxygen atoms in total. The van der Waals surface area contributed by atoms with Crippen LogP contribution in [0, 0.1) is 0 Å². The van der Waals surface area contributed by atoms with Crippen LogP contribution < -0.4 is 11.1 Å². The van der Waals surface area contributed by atoms with Crippen molar-refractivity contribution in [2.24, 2.45) is 10.7 Å². The number of rotatable bonds is 3. The third-order valence-corrected chi connectivity index (χ3v) is 1.22. The summed E-state index contributed by atoms with van der Waals surface area (Å²) in [5, 5.41) is 11.0. The van der Waals surface area contributed by atoms with Crippen LogP contribution in [-0.4, -0.2) is 35.7 Å². The van der Waals surface area contributed by atoms with Gasteiger partial charge in [-0.3, -0.25) is 0 Å². The molecule has 0 amide bonds. The maximum atomic E-state index is 12.5. The van der Waals surface area contributed by atoms with Crippen molar-refractivity contribution in [2.75, 3.05) is 13.2 Å². The molecule has 0 rings (SSSR count). The van der Waals surface area contributed by atoms with E-state index in [1.165, 1.54) is 0 Å². The van der Waals surface area contributed by atoms with Gasteiger partial charge in [-0.25, -0.2) is 13.8 Å². The van der Waals surface area contributed by atoms with E-state index in [1.54, 1.807) is 0 Å². The zero-order valence-corrected chi connectivity index (χ0v) is 8.64. The fourth-order valence-electron chi connectivity index (χ4n) is 0.675. The lowest BCUT2D eigenvalue weighted by Gasteiger charge is -2.21. The van der Waals surface area contributed by atoms with Crippen molar-refractivity contribution in [1.29, 1.82) is 0 Å². The van der Waals surface area contributed by atoms with Crippen LogP contribution in [0.1, 0.15) is 20.8 Å². The number of nitrogens with two attached hydrogens (primary N) is 1. The Morgan fingerprint density at radius 1 is 1.43 bits per heavy atom. The molecule has 0 spiro atoms. The molecule has 0 aromatic carbocycles. The van der Waals surface area contributed by atoms with Gasteiger partial charge < -0.3 is 16.2 Å². The average Bonchev–Trinajstić information content (AvgIpc) is 1.98. The Labute approximate surface area is 82.2 Å². The molecule has 0 aromatic heterocycles. The summed E-state index contributed by atoms with van der Waals surface area (Å²) < 4.78 is 25.0. The lowest BCUT2D eigenvalue weighted by atomic mass is 10.1. The molecule has 0 unspecified atom stereocenters. The molecule has 0 aromatic rings. The zero-order chi connectivity index (χ0) is 11.4. The van der Waals surface area contributed by atoms with Crippen LogP contribution in [0.3, 0.4) is 0 Å². The van der Waals surface area contributed by atoms with Crippen LogP contribution in [0.25, 0.3) is 0 Å². The molecule has 0 saturated carbocycles. The quantitative estimate of drug-likeness (QED) is 0.463. The van der Waals surface area contributed by atoms with Crippen molar-refractivity contribution in [3.05, 3.63) is 0 Å². The predicted molar refractivity (Wildman–Crippen MR) is 51.4 cm³/mol. The number of aliphatic imine (C=N–C) groups is 1. The Bertz CT molecular complexity index is 211. The molecule has 14 heavy (non-hydrogen) atoms. The van der Waals surface area contributed by atoms with Crippen LogP contribution >= 0.6 is 0 Å². The summed E-state index contributed by atoms with van der Waals surface area (Å²) in [6.07, 6.45) is 0. The van der Waals surface area contributed by atoms with Crippen molar-refractivity contribution in [2.45, 2.75) is 32.2 Å². The summed E-state index contributed by atoms with van der Waals surface area (Å²) in [4.78, 5) is 3.43. The molecule has 4 N–H and O–H groups in total. The lowest BCUT2D eigenvalue weighted by Crippen LogP contribution is -2.45. The summed E-state index contributed by atoms with van der Waals surface area (Å²) in [6, 6.07) is 0. The van der Waals surface area contributed by atoms with E-state index in [0.717, 1.165) is 0 Å². The number of aliphatic hydroxyl groups excluding tert-OH is 1. The Morgan fingerprint density at radius 2 is 1.93 bits per heavy atom. The number of guanidine groups is 1. The van der Waals surface area contributed by atoms with Crippen LogP contribution in [0.4, 0.5) is 8.78 Å². The van der Waals surface area contributed by atoms with Gasteiger partial charge in [0, 0.05) is 5.54 Å². The highest BCUT2D eigenvalue weighted by molar-refractivity contribution is 5.78. The molecule has 84 valence electrons. The maximum absolute atomic E-state index is 12.5. The van der Waals surface area contributed by atoms with E-state index in [0.29, 0.717) is 0 Å². The Kier molecular flexibility index (Phi) is 4.25. The first-order chi connectivity index (χ1) is 6.16. The molecular weight excluding hydrogens is 192 g/mol. The van der Waals surface area contributed by atoms with E-state index in [9.17, 15) is 8.78 Å². The fraction of sp³-hybridized carbons (Fsp3) is 0.875. The summed E-state index contributed by atoms with van der Waals surface area (Å²) in [7, 11) is 0. The van der Waals surface area contributed by atoms with Gasteiger partial charge in [0.1, 0.15) is 13.2 Å². The summed E-state index contributed by atoms with van der Waals surface area (Å²) in [5.74, 6) is -3.25. The van der Waals surface area contributed by atoms with Crippen molar-refractivity contribution in [3.8, 4) is 0 Å². The average molecular weight is 209 g/mol. The first-order valence-corrected chi connectivity index (χ1v) is 4.23. The normalized spacial score (nSPS) is 14.3. The highest BCUT2D eigenvalue weighted by Gasteiger charge is 2.27. The van der Waals surface area contributed by atoms with Gasteiger partial charge in [0.05, 0.1) is 0 Å². The van der Waals surface area contributed by atoms with Gasteiger partial charge in [0.25, 0.3) is 5.92 Å². The minimum Gasteiger partial charge on any atom is -0.390 e. The summed E-state index contributed by atoms with van der Waals surface area (Å²) in [5.41, 5.74) is 5.03. The molecule has 0 fully saturated rings. The van der Waals surface area contributed by atoms with Gasteiger partial charge in [-0.2, -0.15) is 0 Å². The molecule has 0 atom stereocenters. The number of alkyl halides is 2. The van der Waals surface area contributed by atoms with Crippen LogP contribution in [0.15, 0.2) is 4.99 Å². The van der Waals surface area contributed by atoms with E-state index >= 15 is 0 Å². The standard InChI is InChI=1S/C8H17F2N3O/c1-7(2,3)13-6(11)12-4-8(9,10)5-14/h14H,4-5H2,1-3H3,(H3,11,12,13). The minimum absolute atomic E-state index is 0.0503. The number of halogens is 2. The highest BCUT2D eigenvalue weighted by atomic mass is 19.3. The highest BCUT2D eigenvalue weighted by Crippen LogP contribution is 2.11. The van der Waals surface area contributed by atoms with E-state index in [1.807, 2.05) is 20.8 Å². The van der Waals surface area contributed by atoms with Gasteiger partial charge >= 0.3 is 0 Å². The fourth-order valence-corrected chi connectivity index (χ4v) is 0.675. The Balaban J connectivity index is 4.14. The summed E-state index contributed by atoms with van der Waals surface area (Å²) in [6.45, 7) is 3.47. The van der Waals surface area contributed by atoms with Crippen LogP contribution in [0.5, 0.6) is 0 Å². The van der Waals surface area contributed by atoms with Crippen LogP contribution in [0.2, 0.25) is 0 Å². The molecular formula is C8H17F2N3O. The topological polar surface area (TPSA) is 70.6 Å². The first-order valence-electron chi connectivity index (χ1n) is 4.23. The Morgan fingerprint density at radius 3 is 2.29 bits per heavy atom. The molecule has 0 saturated heterocycles. The SMILES string of the molecule is CC(C)(C)NC(N)=NCC(F)(F)CO. The monoisotopic (exact) mass is 209 g/mol. The van der Waals surface area contributed by atoms with Gasteiger partial charge in [-0.1, -0.05) is 0 Å². The number of nitrogens with zero attached hydrogens (tertiary/aromatic N) is 1.